The maximum atomic E-state index is 11.7. The van der Waals surface area contributed by atoms with Gasteiger partial charge in [-0.2, -0.15) is 0 Å². The zero-order chi connectivity index (χ0) is 14.8. The average molecular weight is 296 g/mol. The molecule has 0 bridgehead atoms. The molecule has 106 valence electrons. The fourth-order valence-electron chi connectivity index (χ4n) is 2.27. The van der Waals surface area contributed by atoms with Crippen molar-refractivity contribution in [1.82, 2.24) is 4.98 Å². The van der Waals surface area contributed by atoms with E-state index in [-0.39, 0.29) is 0 Å². The molecule has 0 radical (unpaired) electrons. The van der Waals surface area contributed by atoms with Gasteiger partial charge in [-0.15, -0.1) is 0 Å². The van der Waals surface area contributed by atoms with E-state index in [1.54, 1.807) is 12.5 Å². The van der Waals surface area contributed by atoms with E-state index in [0.717, 1.165) is 27.2 Å². The minimum absolute atomic E-state index is 0.809. The first-order chi connectivity index (χ1) is 10.1. The first kappa shape index (κ1) is 13.8. The van der Waals surface area contributed by atoms with Crippen LogP contribution in [0.3, 0.4) is 0 Å². The third kappa shape index (κ3) is 2.81. The Hall–Kier alpha value is -2.20. The van der Waals surface area contributed by atoms with Crippen LogP contribution >= 0.6 is 0 Å². The molecular weight excluding hydrogens is 280 g/mol. The molecule has 3 rings (SSSR count). The number of aryl methyl sites for hydroxylation is 1. The highest BCUT2D eigenvalue weighted by molar-refractivity contribution is 7.84. The number of nitrogens with one attached hydrogen (secondary N) is 1. The quantitative estimate of drug-likeness (QED) is 0.793. The van der Waals surface area contributed by atoms with E-state index in [9.17, 15) is 4.21 Å². The van der Waals surface area contributed by atoms with Gasteiger partial charge in [-0.1, -0.05) is 18.2 Å². The highest BCUT2D eigenvalue weighted by atomic mass is 32.2. The zero-order valence-corrected chi connectivity index (χ0v) is 12.8. The van der Waals surface area contributed by atoms with Crippen LogP contribution in [0.4, 0.5) is 11.4 Å². The molecule has 0 fully saturated rings. The number of hydrogen-bond donors (Lipinski definition) is 1. The van der Waals surface area contributed by atoms with Gasteiger partial charge in [0.15, 0.2) is 0 Å². The van der Waals surface area contributed by atoms with Crippen molar-refractivity contribution in [1.29, 1.82) is 0 Å². The Kier molecular flexibility index (Phi) is 3.71. The summed E-state index contributed by atoms with van der Waals surface area (Å²) in [4.78, 5) is 5.18. The molecule has 0 amide bonds. The lowest BCUT2D eigenvalue weighted by molar-refractivity contribution is 0.687. The number of hydrogen-bond acceptors (Lipinski definition) is 3. The Labute approximate surface area is 126 Å². The maximum Gasteiger partial charge on any atom is 0.0723 e. The second-order valence-corrected chi connectivity index (χ2v) is 6.31. The van der Waals surface area contributed by atoms with Gasteiger partial charge in [0.1, 0.15) is 0 Å². The molecule has 1 atom stereocenters. The Morgan fingerprint density at radius 3 is 2.62 bits per heavy atom. The van der Waals surface area contributed by atoms with Crippen LogP contribution in [0.2, 0.25) is 0 Å². The number of anilines is 2. The Morgan fingerprint density at radius 1 is 1.05 bits per heavy atom. The van der Waals surface area contributed by atoms with Crippen molar-refractivity contribution in [2.24, 2.45) is 0 Å². The number of benzene rings is 2. The molecule has 3 nitrogen and oxygen atoms in total. The van der Waals surface area contributed by atoms with Gasteiger partial charge in [0.05, 0.1) is 5.52 Å². The van der Waals surface area contributed by atoms with E-state index >= 15 is 0 Å². The summed E-state index contributed by atoms with van der Waals surface area (Å²) in [5.41, 5.74) is 4.11. The Bertz CT molecular complexity index is 830. The normalized spacial score (nSPS) is 12.3. The van der Waals surface area contributed by atoms with Gasteiger partial charge in [-0.25, -0.2) is 0 Å². The van der Waals surface area contributed by atoms with Crippen LogP contribution in [0.15, 0.2) is 59.6 Å². The van der Waals surface area contributed by atoms with E-state index in [4.69, 9.17) is 0 Å². The second kappa shape index (κ2) is 5.66. The molecule has 0 spiro atoms. The standard InChI is InChI=1S/C17H16N2OS/c1-12-5-3-4-6-15(12)19-17-9-10-18-16-8-7-13(21(2)20)11-14(16)17/h3-11H,1-2H3,(H,18,19). The monoisotopic (exact) mass is 296 g/mol. The fourth-order valence-corrected chi connectivity index (χ4v) is 2.81. The van der Waals surface area contributed by atoms with Gasteiger partial charge in [-0.05, 0) is 42.8 Å². The Morgan fingerprint density at radius 2 is 1.86 bits per heavy atom. The van der Waals surface area contributed by atoms with Crippen LogP contribution in [0.1, 0.15) is 5.56 Å². The van der Waals surface area contributed by atoms with E-state index in [2.05, 4.69) is 23.3 Å². The van der Waals surface area contributed by atoms with Crippen molar-refractivity contribution in [3.8, 4) is 0 Å². The Balaban J connectivity index is 2.11. The molecule has 0 saturated heterocycles. The zero-order valence-electron chi connectivity index (χ0n) is 12.0. The van der Waals surface area contributed by atoms with E-state index in [1.807, 2.05) is 42.5 Å². The van der Waals surface area contributed by atoms with Gasteiger partial charge < -0.3 is 5.32 Å². The number of nitrogens with zero attached hydrogens (tertiary/aromatic N) is 1. The van der Waals surface area contributed by atoms with E-state index in [1.165, 1.54) is 5.56 Å². The molecule has 3 aromatic rings. The largest absolute Gasteiger partial charge is 0.355 e. The third-order valence-electron chi connectivity index (χ3n) is 3.46. The van der Waals surface area contributed by atoms with Crippen molar-refractivity contribution < 1.29 is 4.21 Å². The molecule has 0 saturated carbocycles. The molecular formula is C17H16N2OS. The van der Waals surface area contributed by atoms with Crippen LogP contribution < -0.4 is 5.32 Å². The molecule has 1 heterocycles. The van der Waals surface area contributed by atoms with Crippen molar-refractivity contribution in [2.75, 3.05) is 11.6 Å². The minimum Gasteiger partial charge on any atom is -0.355 e. The lowest BCUT2D eigenvalue weighted by Gasteiger charge is -2.12. The van der Waals surface area contributed by atoms with E-state index in [0.29, 0.717) is 0 Å². The van der Waals surface area contributed by atoms with Crippen LogP contribution in [0.25, 0.3) is 10.9 Å². The number of aromatic nitrogens is 1. The van der Waals surface area contributed by atoms with Gasteiger partial charge in [0.2, 0.25) is 0 Å². The lowest BCUT2D eigenvalue weighted by Crippen LogP contribution is -1.96. The van der Waals surface area contributed by atoms with Gasteiger partial charge in [-0.3, -0.25) is 9.19 Å². The van der Waals surface area contributed by atoms with Gasteiger partial charge in [0.25, 0.3) is 0 Å². The average Bonchev–Trinajstić information content (AvgIpc) is 2.49. The summed E-state index contributed by atoms with van der Waals surface area (Å²) < 4.78 is 11.7. The molecule has 1 unspecified atom stereocenters. The topological polar surface area (TPSA) is 42.0 Å². The molecule has 0 aliphatic heterocycles. The van der Waals surface area contributed by atoms with Gasteiger partial charge in [0, 0.05) is 44.9 Å². The molecule has 21 heavy (non-hydrogen) atoms. The summed E-state index contributed by atoms with van der Waals surface area (Å²) in [5, 5.41) is 4.42. The molecule has 2 aromatic carbocycles. The van der Waals surface area contributed by atoms with Gasteiger partial charge >= 0.3 is 0 Å². The molecule has 4 heteroatoms. The summed E-state index contributed by atoms with van der Waals surface area (Å²) in [6.45, 7) is 2.07. The number of fused-ring (bicyclic) bond motifs is 1. The molecule has 0 aliphatic carbocycles. The predicted molar refractivity (Wildman–Crippen MR) is 88.5 cm³/mol. The number of rotatable bonds is 3. The first-order valence-corrected chi connectivity index (χ1v) is 8.26. The molecule has 1 N–H and O–H groups in total. The van der Waals surface area contributed by atoms with Crippen LogP contribution in [-0.2, 0) is 10.8 Å². The lowest BCUT2D eigenvalue weighted by atomic mass is 10.1. The third-order valence-corrected chi connectivity index (χ3v) is 4.38. The maximum absolute atomic E-state index is 11.7. The second-order valence-electron chi connectivity index (χ2n) is 4.93. The number of pyridine rings is 1. The highest BCUT2D eigenvalue weighted by Crippen LogP contribution is 2.28. The van der Waals surface area contributed by atoms with Crippen LogP contribution in [-0.4, -0.2) is 15.4 Å². The van der Waals surface area contributed by atoms with Crippen LogP contribution in [0.5, 0.6) is 0 Å². The number of para-hydroxylation sites is 1. The molecule has 0 aliphatic rings. The minimum atomic E-state index is -1.000. The summed E-state index contributed by atoms with van der Waals surface area (Å²) in [6, 6.07) is 15.8. The summed E-state index contributed by atoms with van der Waals surface area (Å²) in [6.07, 6.45) is 3.47. The van der Waals surface area contributed by atoms with E-state index < -0.39 is 10.8 Å². The fraction of sp³-hybridized carbons (Fsp3) is 0.118. The summed E-state index contributed by atoms with van der Waals surface area (Å²) in [5.74, 6) is 0. The highest BCUT2D eigenvalue weighted by Gasteiger charge is 2.06. The summed E-state index contributed by atoms with van der Waals surface area (Å²) in [7, 11) is -1.000. The van der Waals surface area contributed by atoms with Crippen molar-refractivity contribution >= 4 is 33.1 Å². The first-order valence-electron chi connectivity index (χ1n) is 6.70. The SMILES string of the molecule is Cc1ccccc1Nc1ccnc2ccc(S(C)=O)cc12. The predicted octanol–water partition coefficient (Wildman–Crippen LogP) is 4.02. The van der Waals surface area contributed by atoms with Crippen molar-refractivity contribution in [3.05, 3.63) is 60.3 Å². The smallest absolute Gasteiger partial charge is 0.0723 e. The summed E-state index contributed by atoms with van der Waals surface area (Å²) >= 11 is 0. The van der Waals surface area contributed by atoms with Crippen molar-refractivity contribution in [2.45, 2.75) is 11.8 Å². The van der Waals surface area contributed by atoms with Crippen LogP contribution in [0, 0.1) is 6.92 Å². The van der Waals surface area contributed by atoms with Crippen molar-refractivity contribution in [3.63, 3.8) is 0 Å². The molecule has 1 aromatic heterocycles.